The highest BCUT2D eigenvalue weighted by molar-refractivity contribution is 5.16. The third-order valence-corrected chi connectivity index (χ3v) is 4.36. The molecule has 2 N–H and O–H groups in total. The Morgan fingerprint density at radius 2 is 1.94 bits per heavy atom. The monoisotopic (exact) mass is 250 g/mol. The molecule has 0 bridgehead atoms. The number of halogens is 1. The van der Waals surface area contributed by atoms with E-state index in [1.807, 2.05) is 12.1 Å². The zero-order valence-electron chi connectivity index (χ0n) is 11.3. The summed E-state index contributed by atoms with van der Waals surface area (Å²) in [6, 6.07) is 7.69. The summed E-state index contributed by atoms with van der Waals surface area (Å²) in [5, 5.41) is 0. The molecule has 1 fully saturated rings. The van der Waals surface area contributed by atoms with Crippen LogP contribution in [0.1, 0.15) is 25.8 Å². The fourth-order valence-electron chi connectivity index (χ4n) is 2.71. The Bertz CT molecular complexity index is 377. The summed E-state index contributed by atoms with van der Waals surface area (Å²) in [5.74, 6) is 0.386. The van der Waals surface area contributed by atoms with Gasteiger partial charge in [0, 0.05) is 18.6 Å². The van der Waals surface area contributed by atoms with Crippen LogP contribution >= 0.6 is 0 Å². The van der Waals surface area contributed by atoms with Gasteiger partial charge in [0.2, 0.25) is 0 Å². The van der Waals surface area contributed by atoms with E-state index in [4.69, 9.17) is 5.73 Å². The van der Waals surface area contributed by atoms with Gasteiger partial charge < -0.3 is 5.73 Å². The largest absolute Gasteiger partial charge is 0.327 e. The van der Waals surface area contributed by atoms with Crippen molar-refractivity contribution in [3.63, 3.8) is 0 Å². The fraction of sp³-hybridized carbons (Fsp3) is 0.600. The van der Waals surface area contributed by atoms with E-state index in [2.05, 4.69) is 18.7 Å². The average molecular weight is 250 g/mol. The number of hydrogen-bond donors (Lipinski definition) is 1. The lowest BCUT2D eigenvalue weighted by Crippen LogP contribution is -2.52. The molecule has 0 aromatic heterocycles. The van der Waals surface area contributed by atoms with Crippen LogP contribution in [-0.4, -0.2) is 30.1 Å². The van der Waals surface area contributed by atoms with Crippen molar-refractivity contribution in [1.29, 1.82) is 0 Å². The molecule has 0 amide bonds. The second-order valence-electron chi connectivity index (χ2n) is 5.46. The minimum Gasteiger partial charge on any atom is -0.327 e. The molecule has 1 aliphatic heterocycles. The van der Waals surface area contributed by atoms with Crippen LogP contribution in [0.5, 0.6) is 0 Å². The summed E-state index contributed by atoms with van der Waals surface area (Å²) >= 11 is 0. The Balaban J connectivity index is 1.88. The SMILES string of the molecule is CC1C(N)CCN(CCc2ccc(F)cc2)C1C. The van der Waals surface area contributed by atoms with E-state index in [1.165, 1.54) is 17.7 Å². The van der Waals surface area contributed by atoms with Gasteiger partial charge >= 0.3 is 0 Å². The van der Waals surface area contributed by atoms with E-state index >= 15 is 0 Å². The number of piperidine rings is 1. The molecule has 0 radical (unpaired) electrons. The van der Waals surface area contributed by atoms with Crippen molar-refractivity contribution in [2.45, 2.75) is 38.8 Å². The normalized spacial score (nSPS) is 29.4. The molecule has 2 rings (SSSR count). The Labute approximate surface area is 109 Å². The third-order valence-electron chi connectivity index (χ3n) is 4.36. The van der Waals surface area contributed by atoms with E-state index in [0.717, 1.165) is 25.9 Å². The summed E-state index contributed by atoms with van der Waals surface area (Å²) < 4.78 is 12.8. The molecule has 1 aromatic rings. The summed E-state index contributed by atoms with van der Waals surface area (Å²) in [6.07, 6.45) is 2.06. The second-order valence-corrected chi connectivity index (χ2v) is 5.46. The second kappa shape index (κ2) is 5.81. The van der Waals surface area contributed by atoms with Crippen molar-refractivity contribution in [2.75, 3.05) is 13.1 Å². The van der Waals surface area contributed by atoms with Crippen LogP contribution in [0.4, 0.5) is 4.39 Å². The fourth-order valence-corrected chi connectivity index (χ4v) is 2.71. The van der Waals surface area contributed by atoms with Crippen LogP contribution < -0.4 is 5.73 Å². The highest BCUT2D eigenvalue weighted by Gasteiger charge is 2.29. The van der Waals surface area contributed by atoms with Gasteiger partial charge in [0.05, 0.1) is 0 Å². The van der Waals surface area contributed by atoms with Crippen molar-refractivity contribution < 1.29 is 4.39 Å². The lowest BCUT2D eigenvalue weighted by molar-refractivity contribution is 0.0993. The van der Waals surface area contributed by atoms with Gasteiger partial charge in [0.25, 0.3) is 0 Å². The molecule has 3 atom stereocenters. The van der Waals surface area contributed by atoms with Crippen molar-refractivity contribution in [3.05, 3.63) is 35.6 Å². The smallest absolute Gasteiger partial charge is 0.123 e. The van der Waals surface area contributed by atoms with E-state index in [-0.39, 0.29) is 5.82 Å². The first-order valence-corrected chi connectivity index (χ1v) is 6.82. The predicted molar refractivity (Wildman–Crippen MR) is 72.9 cm³/mol. The van der Waals surface area contributed by atoms with Crippen LogP contribution in [0.2, 0.25) is 0 Å². The number of nitrogens with two attached hydrogens (primary N) is 1. The summed E-state index contributed by atoms with van der Waals surface area (Å²) in [7, 11) is 0. The molecule has 100 valence electrons. The first-order valence-electron chi connectivity index (χ1n) is 6.82. The van der Waals surface area contributed by atoms with E-state index in [1.54, 1.807) is 0 Å². The quantitative estimate of drug-likeness (QED) is 0.892. The maximum absolute atomic E-state index is 12.8. The highest BCUT2D eigenvalue weighted by Crippen LogP contribution is 2.22. The van der Waals surface area contributed by atoms with Gasteiger partial charge in [0.15, 0.2) is 0 Å². The minimum absolute atomic E-state index is 0.162. The minimum atomic E-state index is -0.162. The van der Waals surface area contributed by atoms with Gasteiger partial charge in [-0.1, -0.05) is 19.1 Å². The van der Waals surface area contributed by atoms with E-state index in [9.17, 15) is 4.39 Å². The zero-order chi connectivity index (χ0) is 13.1. The van der Waals surface area contributed by atoms with Gasteiger partial charge in [-0.05, 0) is 49.9 Å². The molecule has 1 saturated heterocycles. The molecule has 18 heavy (non-hydrogen) atoms. The molecule has 0 saturated carbocycles. The number of hydrogen-bond acceptors (Lipinski definition) is 2. The molecular formula is C15H23FN2. The molecular weight excluding hydrogens is 227 g/mol. The Kier molecular flexibility index (Phi) is 4.36. The molecule has 1 aromatic carbocycles. The summed E-state index contributed by atoms with van der Waals surface area (Å²) in [5.41, 5.74) is 7.29. The lowest BCUT2D eigenvalue weighted by Gasteiger charge is -2.41. The maximum Gasteiger partial charge on any atom is 0.123 e. The summed E-state index contributed by atoms with van der Waals surface area (Å²) in [4.78, 5) is 2.50. The van der Waals surface area contributed by atoms with E-state index < -0.39 is 0 Å². The van der Waals surface area contributed by atoms with Crippen molar-refractivity contribution in [1.82, 2.24) is 4.90 Å². The topological polar surface area (TPSA) is 29.3 Å². The maximum atomic E-state index is 12.8. The number of rotatable bonds is 3. The van der Waals surface area contributed by atoms with Crippen molar-refractivity contribution >= 4 is 0 Å². The van der Waals surface area contributed by atoms with Crippen LogP contribution in [-0.2, 0) is 6.42 Å². The van der Waals surface area contributed by atoms with Crippen LogP contribution in [0.3, 0.4) is 0 Å². The van der Waals surface area contributed by atoms with Crippen molar-refractivity contribution in [2.24, 2.45) is 11.7 Å². The van der Waals surface area contributed by atoms with E-state index in [0.29, 0.717) is 18.0 Å². The molecule has 0 aliphatic carbocycles. The molecule has 3 heteroatoms. The van der Waals surface area contributed by atoms with Crippen molar-refractivity contribution in [3.8, 4) is 0 Å². The van der Waals surface area contributed by atoms with Crippen LogP contribution in [0, 0.1) is 11.7 Å². The first-order chi connectivity index (χ1) is 8.58. The number of benzene rings is 1. The Morgan fingerprint density at radius 1 is 1.28 bits per heavy atom. The lowest BCUT2D eigenvalue weighted by atomic mass is 9.87. The molecule has 3 unspecified atom stereocenters. The van der Waals surface area contributed by atoms with Gasteiger partial charge in [-0.25, -0.2) is 4.39 Å². The van der Waals surface area contributed by atoms with Gasteiger partial charge in [-0.3, -0.25) is 4.90 Å². The van der Waals surface area contributed by atoms with Gasteiger partial charge in [-0.15, -0.1) is 0 Å². The Morgan fingerprint density at radius 3 is 2.61 bits per heavy atom. The molecule has 0 spiro atoms. The number of nitrogens with zero attached hydrogens (tertiary/aromatic N) is 1. The van der Waals surface area contributed by atoms with Crippen LogP contribution in [0.15, 0.2) is 24.3 Å². The predicted octanol–water partition coefficient (Wildman–Crippen LogP) is 2.43. The summed E-state index contributed by atoms with van der Waals surface area (Å²) in [6.45, 7) is 6.60. The molecule has 1 aliphatic rings. The van der Waals surface area contributed by atoms with Gasteiger partial charge in [0.1, 0.15) is 5.82 Å². The zero-order valence-corrected chi connectivity index (χ0v) is 11.3. The average Bonchev–Trinajstić information content (AvgIpc) is 2.37. The third kappa shape index (κ3) is 3.09. The molecule has 1 heterocycles. The standard InChI is InChI=1S/C15H23FN2/c1-11-12(2)18(10-8-15(11)17)9-7-13-3-5-14(16)6-4-13/h3-6,11-12,15H,7-10,17H2,1-2H3. The Hall–Kier alpha value is -0.930. The molecule has 2 nitrogen and oxygen atoms in total. The van der Waals surface area contributed by atoms with Gasteiger partial charge in [-0.2, -0.15) is 0 Å². The number of likely N-dealkylation sites (tertiary alicyclic amines) is 1. The van der Waals surface area contributed by atoms with Crippen LogP contribution in [0.25, 0.3) is 0 Å². The first kappa shape index (κ1) is 13.5. The highest BCUT2D eigenvalue weighted by atomic mass is 19.1.